The van der Waals surface area contributed by atoms with E-state index in [1.807, 2.05) is 0 Å². The second-order valence-corrected chi connectivity index (χ2v) is 2.97. The SMILES string of the molecule is CC(=O)[C@@H]1C[C@H]1COC(F)(F)F. The predicted octanol–water partition coefficient (Wildman–Crippen LogP) is 1.75. The van der Waals surface area contributed by atoms with Gasteiger partial charge in [-0.05, 0) is 19.3 Å². The molecule has 0 aromatic rings. The number of hydrogen-bond donors (Lipinski definition) is 0. The van der Waals surface area contributed by atoms with E-state index in [2.05, 4.69) is 4.74 Å². The lowest BCUT2D eigenvalue weighted by Gasteiger charge is -2.05. The van der Waals surface area contributed by atoms with Crippen LogP contribution in [0.5, 0.6) is 0 Å². The zero-order chi connectivity index (χ0) is 9.35. The van der Waals surface area contributed by atoms with Crippen LogP contribution in [-0.4, -0.2) is 18.8 Å². The van der Waals surface area contributed by atoms with Crippen LogP contribution in [0.3, 0.4) is 0 Å². The molecule has 1 saturated carbocycles. The van der Waals surface area contributed by atoms with Crippen molar-refractivity contribution in [2.45, 2.75) is 19.7 Å². The van der Waals surface area contributed by atoms with Crippen molar-refractivity contribution in [3.05, 3.63) is 0 Å². The average Bonchev–Trinajstić information content (AvgIpc) is 2.59. The van der Waals surface area contributed by atoms with E-state index in [4.69, 9.17) is 0 Å². The van der Waals surface area contributed by atoms with E-state index in [-0.39, 0.29) is 24.2 Å². The standard InChI is InChI=1S/C7H9F3O2/c1-4(11)6-2-5(6)3-12-7(8,9)10/h5-6H,2-3H2,1H3/t5-,6-/m0/s1. The van der Waals surface area contributed by atoms with Crippen molar-refractivity contribution in [1.82, 2.24) is 0 Å². The van der Waals surface area contributed by atoms with Gasteiger partial charge in [-0.2, -0.15) is 0 Å². The van der Waals surface area contributed by atoms with Crippen molar-refractivity contribution in [3.8, 4) is 0 Å². The number of alkyl halides is 3. The highest BCUT2D eigenvalue weighted by atomic mass is 19.4. The van der Waals surface area contributed by atoms with E-state index in [1.54, 1.807) is 0 Å². The van der Waals surface area contributed by atoms with Crippen molar-refractivity contribution >= 4 is 5.78 Å². The van der Waals surface area contributed by atoms with Gasteiger partial charge in [-0.25, -0.2) is 0 Å². The number of ketones is 1. The molecular formula is C7H9F3O2. The fourth-order valence-electron chi connectivity index (χ4n) is 1.13. The molecule has 0 spiro atoms. The van der Waals surface area contributed by atoms with Crippen LogP contribution in [-0.2, 0) is 9.53 Å². The van der Waals surface area contributed by atoms with Crippen molar-refractivity contribution in [1.29, 1.82) is 0 Å². The molecule has 0 aromatic heterocycles. The smallest absolute Gasteiger partial charge is 0.300 e. The summed E-state index contributed by atoms with van der Waals surface area (Å²) in [5.74, 6) is -0.470. The van der Waals surface area contributed by atoms with Crippen molar-refractivity contribution in [3.63, 3.8) is 0 Å². The Labute approximate surface area is 67.7 Å². The summed E-state index contributed by atoms with van der Waals surface area (Å²) in [7, 11) is 0. The number of carbonyl (C=O) groups excluding carboxylic acids is 1. The fourth-order valence-corrected chi connectivity index (χ4v) is 1.13. The maximum atomic E-state index is 11.5. The molecule has 0 radical (unpaired) electrons. The van der Waals surface area contributed by atoms with E-state index < -0.39 is 6.36 Å². The van der Waals surface area contributed by atoms with Gasteiger partial charge >= 0.3 is 6.36 Å². The van der Waals surface area contributed by atoms with Gasteiger partial charge in [-0.15, -0.1) is 13.2 Å². The molecule has 1 rings (SSSR count). The molecule has 1 aliphatic carbocycles. The quantitative estimate of drug-likeness (QED) is 0.664. The highest BCUT2D eigenvalue weighted by Crippen LogP contribution is 2.40. The molecule has 0 saturated heterocycles. The number of Topliss-reactive ketones (excluding diaryl/α,β-unsaturated/α-hetero) is 1. The van der Waals surface area contributed by atoms with Gasteiger partial charge in [0, 0.05) is 5.92 Å². The van der Waals surface area contributed by atoms with Crippen LogP contribution >= 0.6 is 0 Å². The summed E-state index contributed by atoms with van der Waals surface area (Å²) in [5.41, 5.74) is 0. The summed E-state index contributed by atoms with van der Waals surface area (Å²) in [4.78, 5) is 10.6. The second kappa shape index (κ2) is 3.05. The highest BCUT2D eigenvalue weighted by Gasteiger charge is 2.43. The molecule has 12 heavy (non-hydrogen) atoms. The molecular weight excluding hydrogens is 173 g/mol. The molecule has 0 bridgehead atoms. The lowest BCUT2D eigenvalue weighted by molar-refractivity contribution is -0.326. The van der Waals surface area contributed by atoms with Crippen LogP contribution in [0, 0.1) is 11.8 Å². The second-order valence-electron chi connectivity index (χ2n) is 2.97. The summed E-state index contributed by atoms with van der Waals surface area (Å²) in [6.45, 7) is 1.01. The first kappa shape index (κ1) is 9.51. The Morgan fingerprint density at radius 1 is 1.58 bits per heavy atom. The molecule has 5 heteroatoms. The summed E-state index contributed by atoms with van der Waals surface area (Å²) >= 11 is 0. The molecule has 1 fully saturated rings. The third-order valence-electron chi connectivity index (χ3n) is 1.91. The number of hydrogen-bond acceptors (Lipinski definition) is 2. The van der Waals surface area contributed by atoms with Gasteiger partial charge in [0.05, 0.1) is 6.61 Å². The van der Waals surface area contributed by atoms with Crippen molar-refractivity contribution in [2.75, 3.05) is 6.61 Å². The number of carbonyl (C=O) groups is 1. The van der Waals surface area contributed by atoms with Crippen LogP contribution in [0.1, 0.15) is 13.3 Å². The maximum Gasteiger partial charge on any atom is 0.522 e. The third-order valence-corrected chi connectivity index (χ3v) is 1.91. The summed E-state index contributed by atoms with van der Waals surface area (Å²) in [6, 6.07) is 0. The fraction of sp³-hybridized carbons (Fsp3) is 0.857. The van der Waals surface area contributed by atoms with Gasteiger partial charge in [-0.3, -0.25) is 9.53 Å². The van der Waals surface area contributed by atoms with Crippen molar-refractivity contribution < 1.29 is 22.7 Å². The Balaban J connectivity index is 2.16. The molecule has 0 N–H and O–H groups in total. The molecule has 0 aliphatic heterocycles. The Hall–Kier alpha value is -0.580. The monoisotopic (exact) mass is 182 g/mol. The number of rotatable bonds is 3. The Kier molecular flexibility index (Phi) is 2.41. The first-order chi connectivity index (χ1) is 5.40. The minimum Gasteiger partial charge on any atom is -0.300 e. The average molecular weight is 182 g/mol. The minimum absolute atomic E-state index is 0.0502. The van der Waals surface area contributed by atoms with Crippen LogP contribution in [0.4, 0.5) is 13.2 Å². The molecule has 0 unspecified atom stereocenters. The molecule has 70 valence electrons. The van der Waals surface area contributed by atoms with Gasteiger partial charge in [0.25, 0.3) is 0 Å². The lowest BCUT2D eigenvalue weighted by Crippen LogP contribution is -2.16. The molecule has 0 amide bonds. The van der Waals surface area contributed by atoms with Gasteiger partial charge in [-0.1, -0.05) is 0 Å². The summed E-state index contributed by atoms with van der Waals surface area (Å²) in [5, 5.41) is 0. The minimum atomic E-state index is -4.57. The number of halogens is 3. The maximum absolute atomic E-state index is 11.5. The topological polar surface area (TPSA) is 26.3 Å². The molecule has 0 heterocycles. The van der Waals surface area contributed by atoms with Gasteiger partial charge < -0.3 is 0 Å². The van der Waals surface area contributed by atoms with Gasteiger partial charge in [0.15, 0.2) is 0 Å². The van der Waals surface area contributed by atoms with Crippen LogP contribution in [0.15, 0.2) is 0 Å². The molecule has 0 aromatic carbocycles. The first-order valence-corrected chi connectivity index (χ1v) is 3.61. The van der Waals surface area contributed by atoms with E-state index in [0.29, 0.717) is 6.42 Å². The van der Waals surface area contributed by atoms with E-state index in [1.165, 1.54) is 6.92 Å². The summed E-state index contributed by atoms with van der Waals surface area (Å²) in [6.07, 6.45) is -4.03. The summed E-state index contributed by atoms with van der Waals surface area (Å²) < 4.78 is 38.0. The third kappa shape index (κ3) is 2.81. The zero-order valence-corrected chi connectivity index (χ0v) is 6.52. The Morgan fingerprint density at radius 3 is 2.50 bits per heavy atom. The Bertz CT molecular complexity index is 188. The van der Waals surface area contributed by atoms with Crippen LogP contribution in [0.25, 0.3) is 0 Å². The number of ether oxygens (including phenoxy) is 1. The normalized spacial score (nSPS) is 28.7. The molecule has 1 aliphatic rings. The van der Waals surface area contributed by atoms with E-state index >= 15 is 0 Å². The predicted molar refractivity (Wildman–Crippen MR) is 34.3 cm³/mol. The van der Waals surface area contributed by atoms with E-state index in [0.717, 1.165) is 0 Å². The molecule has 2 atom stereocenters. The lowest BCUT2D eigenvalue weighted by atomic mass is 10.2. The van der Waals surface area contributed by atoms with Crippen LogP contribution < -0.4 is 0 Å². The van der Waals surface area contributed by atoms with Crippen molar-refractivity contribution in [2.24, 2.45) is 11.8 Å². The van der Waals surface area contributed by atoms with Gasteiger partial charge in [0.1, 0.15) is 5.78 Å². The molecule has 2 nitrogen and oxygen atoms in total. The van der Waals surface area contributed by atoms with Crippen LogP contribution in [0.2, 0.25) is 0 Å². The zero-order valence-electron chi connectivity index (χ0n) is 6.52. The van der Waals surface area contributed by atoms with E-state index in [9.17, 15) is 18.0 Å². The highest BCUT2D eigenvalue weighted by molar-refractivity contribution is 5.81. The largest absolute Gasteiger partial charge is 0.522 e. The van der Waals surface area contributed by atoms with Gasteiger partial charge in [0.2, 0.25) is 0 Å². The Morgan fingerprint density at radius 2 is 2.17 bits per heavy atom. The first-order valence-electron chi connectivity index (χ1n) is 3.61.